The quantitative estimate of drug-likeness (QED) is 0.0169. The predicted molar refractivity (Wildman–Crippen MR) is 409 cm³/mol. The first-order chi connectivity index (χ1) is 48.7. The van der Waals surface area contributed by atoms with Gasteiger partial charge in [0.2, 0.25) is 0 Å². The molecule has 100 heavy (non-hydrogen) atoms. The monoisotopic (exact) mass is 1460 g/mol. The number of hydrogen-bond acceptors (Lipinski definition) is 15. The van der Waals surface area contributed by atoms with Crippen LogP contribution in [0.3, 0.4) is 0 Å². The van der Waals surface area contributed by atoms with Crippen molar-refractivity contribution in [2.24, 2.45) is 0 Å². The van der Waals surface area contributed by atoms with E-state index < -0.39 is 97.5 Å². The standard InChI is InChI=1S/C81H154O17P2/c1-5-9-13-17-21-25-29-33-36-37-40-44-48-52-56-60-64-68-81(86)98-76(71-91-78(83)65-61-57-53-49-45-41-32-28-24-20-16-12-8-4)73-95-99(87,88)93-69-75(82)70-94-100(89,90)96-74-77(97-80(85)67-63-59-55-51-47-43-39-35-31-27-23-19-15-11-7-3)72-92-79(84)66-62-58-54-50-46-42-38-34-30-26-22-18-14-10-6-2/h23,27,35,39,75-77,82H,5-22,24-26,28-34,36-38,40-74H2,1-4H3,(H,87,88)(H,89,90)/b27-23-,39-35-/t75-,76+,77+/m0/s1. The first kappa shape index (κ1) is 97.5. The van der Waals surface area contributed by atoms with E-state index >= 15 is 0 Å². The molecule has 17 nitrogen and oxygen atoms in total. The summed E-state index contributed by atoms with van der Waals surface area (Å²) in [6.45, 7) is 4.96. The summed E-state index contributed by atoms with van der Waals surface area (Å²) in [7, 11) is -9.93. The summed E-state index contributed by atoms with van der Waals surface area (Å²) in [5, 5.41) is 10.6. The summed E-state index contributed by atoms with van der Waals surface area (Å²) in [5.41, 5.74) is 0. The number of esters is 4. The maximum absolute atomic E-state index is 13.1. The number of ether oxygens (including phenoxy) is 4. The Hall–Kier alpha value is -2.46. The number of allylic oxidation sites excluding steroid dienone is 4. The Balaban J connectivity index is 5.29. The van der Waals surface area contributed by atoms with Crippen molar-refractivity contribution in [3.63, 3.8) is 0 Å². The van der Waals surface area contributed by atoms with Gasteiger partial charge in [0, 0.05) is 25.7 Å². The van der Waals surface area contributed by atoms with Gasteiger partial charge in [0.25, 0.3) is 0 Å². The highest BCUT2D eigenvalue weighted by Gasteiger charge is 2.30. The highest BCUT2D eigenvalue weighted by Crippen LogP contribution is 2.45. The average molecular weight is 1460 g/mol. The molecule has 0 heterocycles. The third-order valence-corrected chi connectivity index (χ3v) is 20.4. The topological polar surface area (TPSA) is 237 Å². The van der Waals surface area contributed by atoms with Crippen LogP contribution in [0.15, 0.2) is 24.3 Å². The maximum Gasteiger partial charge on any atom is 0.472 e. The van der Waals surface area contributed by atoms with Crippen molar-refractivity contribution in [2.75, 3.05) is 39.6 Å². The number of phosphoric ester groups is 2. The molecule has 5 atom stereocenters. The fourth-order valence-electron chi connectivity index (χ4n) is 12.1. The lowest BCUT2D eigenvalue weighted by atomic mass is 10.0. The molecule has 0 saturated carbocycles. The lowest BCUT2D eigenvalue weighted by Crippen LogP contribution is -2.30. The van der Waals surface area contributed by atoms with Crippen LogP contribution in [-0.2, 0) is 65.4 Å². The minimum atomic E-state index is -4.97. The number of aliphatic hydroxyl groups is 1. The van der Waals surface area contributed by atoms with E-state index in [9.17, 15) is 43.2 Å². The van der Waals surface area contributed by atoms with Crippen LogP contribution >= 0.6 is 15.6 Å². The van der Waals surface area contributed by atoms with Crippen molar-refractivity contribution in [3.8, 4) is 0 Å². The molecule has 0 radical (unpaired) electrons. The zero-order valence-corrected chi connectivity index (χ0v) is 66.5. The number of hydrogen-bond donors (Lipinski definition) is 3. The molecule has 0 rings (SSSR count). The fourth-order valence-corrected chi connectivity index (χ4v) is 13.7. The van der Waals surface area contributed by atoms with Gasteiger partial charge in [-0.2, -0.15) is 0 Å². The van der Waals surface area contributed by atoms with Crippen molar-refractivity contribution >= 4 is 39.5 Å². The van der Waals surface area contributed by atoms with Gasteiger partial charge in [0.05, 0.1) is 26.4 Å². The van der Waals surface area contributed by atoms with Crippen molar-refractivity contribution < 1.29 is 80.2 Å². The first-order valence-corrected chi connectivity index (χ1v) is 44.6. The van der Waals surface area contributed by atoms with E-state index in [0.29, 0.717) is 25.7 Å². The summed E-state index contributed by atoms with van der Waals surface area (Å²) in [6.07, 6.45) is 70.0. The van der Waals surface area contributed by atoms with Crippen LogP contribution in [0, 0.1) is 0 Å². The SMILES string of the molecule is CCCCC/C=C\C/C=C\CCCCCCCC(=O)O[C@H](COC(=O)CCCCCCCCCCCCCCCCC)COP(=O)(O)OC[C@@H](O)COP(=O)(O)OC[C@@H](COC(=O)CCCCCCCCCCCCCCC)OC(=O)CCCCCCCCCCCCCCCCCCC. The molecule has 0 aliphatic rings. The summed E-state index contributed by atoms with van der Waals surface area (Å²) in [5.74, 6) is -2.13. The number of carbonyl (C=O) groups is 4. The normalized spacial score (nSPS) is 13.9. The zero-order chi connectivity index (χ0) is 73.2. The third-order valence-electron chi connectivity index (χ3n) is 18.4. The van der Waals surface area contributed by atoms with Gasteiger partial charge in [-0.25, -0.2) is 9.13 Å². The number of rotatable bonds is 80. The van der Waals surface area contributed by atoms with Crippen molar-refractivity contribution in [1.82, 2.24) is 0 Å². The van der Waals surface area contributed by atoms with Crippen LogP contribution in [0.2, 0.25) is 0 Å². The molecule has 0 fully saturated rings. The molecule has 0 amide bonds. The largest absolute Gasteiger partial charge is 0.472 e. The lowest BCUT2D eigenvalue weighted by Gasteiger charge is -2.21. The Bertz CT molecular complexity index is 1990. The molecule has 0 aliphatic carbocycles. The summed E-state index contributed by atoms with van der Waals surface area (Å²) < 4.78 is 68.7. The minimum Gasteiger partial charge on any atom is -0.462 e. The maximum atomic E-state index is 13.1. The van der Waals surface area contributed by atoms with Gasteiger partial charge in [-0.1, -0.05) is 354 Å². The first-order valence-electron chi connectivity index (χ1n) is 41.6. The van der Waals surface area contributed by atoms with E-state index in [-0.39, 0.29) is 25.7 Å². The van der Waals surface area contributed by atoms with E-state index in [1.54, 1.807) is 0 Å². The van der Waals surface area contributed by atoms with Crippen LogP contribution < -0.4 is 0 Å². The molecule has 0 spiro atoms. The molecular formula is C81H154O17P2. The van der Waals surface area contributed by atoms with E-state index in [1.165, 1.54) is 225 Å². The van der Waals surface area contributed by atoms with Gasteiger partial charge >= 0.3 is 39.5 Å². The second-order valence-corrected chi connectivity index (χ2v) is 31.4. The molecule has 0 aromatic rings. The average Bonchev–Trinajstić information content (AvgIpc) is 0.947. The van der Waals surface area contributed by atoms with Crippen molar-refractivity contribution in [3.05, 3.63) is 24.3 Å². The van der Waals surface area contributed by atoms with Crippen LogP contribution in [0.25, 0.3) is 0 Å². The van der Waals surface area contributed by atoms with Gasteiger partial charge in [-0.15, -0.1) is 0 Å². The summed E-state index contributed by atoms with van der Waals surface area (Å²) >= 11 is 0. The fraction of sp³-hybridized carbons (Fsp3) is 0.901. The molecule has 590 valence electrons. The molecule has 0 aromatic carbocycles. The van der Waals surface area contributed by atoms with Gasteiger partial charge in [-0.05, 0) is 57.8 Å². The van der Waals surface area contributed by atoms with Crippen molar-refractivity contribution in [1.29, 1.82) is 0 Å². The molecule has 0 aliphatic heterocycles. The Morgan fingerprint density at radius 2 is 0.490 bits per heavy atom. The van der Waals surface area contributed by atoms with E-state index in [1.807, 2.05) is 0 Å². The number of carbonyl (C=O) groups excluding carboxylic acids is 4. The predicted octanol–water partition coefficient (Wildman–Crippen LogP) is 24.1. The van der Waals surface area contributed by atoms with Gasteiger partial charge in [0.1, 0.15) is 19.3 Å². The second kappa shape index (κ2) is 74.8. The third kappa shape index (κ3) is 73.8. The van der Waals surface area contributed by atoms with Gasteiger partial charge < -0.3 is 33.8 Å². The Morgan fingerprint density at radius 1 is 0.280 bits per heavy atom. The van der Waals surface area contributed by atoms with Crippen molar-refractivity contribution in [2.45, 2.75) is 431 Å². The molecule has 0 saturated heterocycles. The number of aliphatic hydroxyl groups excluding tert-OH is 1. The molecular weight excluding hydrogens is 1310 g/mol. The highest BCUT2D eigenvalue weighted by molar-refractivity contribution is 7.47. The highest BCUT2D eigenvalue weighted by atomic mass is 31.2. The molecule has 0 aromatic heterocycles. The molecule has 2 unspecified atom stereocenters. The van der Waals surface area contributed by atoms with Gasteiger partial charge in [0.15, 0.2) is 12.2 Å². The minimum absolute atomic E-state index is 0.0877. The Labute approximate surface area is 612 Å². The van der Waals surface area contributed by atoms with Crippen LogP contribution in [-0.4, -0.2) is 96.7 Å². The Morgan fingerprint density at radius 3 is 0.760 bits per heavy atom. The van der Waals surface area contributed by atoms with Crippen LogP contribution in [0.1, 0.15) is 413 Å². The second-order valence-electron chi connectivity index (χ2n) is 28.4. The summed E-state index contributed by atoms with van der Waals surface area (Å²) in [6, 6.07) is 0. The molecule has 3 N–H and O–H groups in total. The smallest absolute Gasteiger partial charge is 0.462 e. The Kier molecular flexibility index (Phi) is 73.0. The number of phosphoric acid groups is 2. The van der Waals surface area contributed by atoms with Gasteiger partial charge in [-0.3, -0.25) is 37.3 Å². The summed E-state index contributed by atoms with van der Waals surface area (Å²) in [4.78, 5) is 73.0. The molecule has 19 heteroatoms. The van der Waals surface area contributed by atoms with E-state index in [2.05, 4.69) is 52.0 Å². The van der Waals surface area contributed by atoms with E-state index in [0.717, 1.165) is 109 Å². The van der Waals surface area contributed by atoms with E-state index in [4.69, 9.17) is 37.0 Å². The van der Waals surface area contributed by atoms with Crippen LogP contribution in [0.5, 0.6) is 0 Å². The number of unbranched alkanes of at least 4 members (excludes halogenated alkanes) is 50. The van der Waals surface area contributed by atoms with Crippen LogP contribution in [0.4, 0.5) is 0 Å². The zero-order valence-electron chi connectivity index (χ0n) is 64.7. The lowest BCUT2D eigenvalue weighted by molar-refractivity contribution is -0.161. The molecule has 0 bridgehead atoms.